The number of benzene rings is 1. The molecule has 0 spiro atoms. The van der Waals surface area contributed by atoms with Crippen LogP contribution in [-0.4, -0.2) is 24.5 Å². The summed E-state index contributed by atoms with van der Waals surface area (Å²) in [6.45, 7) is 5.31. The fourth-order valence-corrected chi connectivity index (χ4v) is 1.77. The first-order valence-corrected chi connectivity index (χ1v) is 6.77. The van der Waals surface area contributed by atoms with E-state index >= 15 is 0 Å². The number of ether oxygens (including phenoxy) is 2. The average Bonchev–Trinajstić information content (AvgIpc) is 2.34. The van der Waals surface area contributed by atoms with Crippen molar-refractivity contribution in [3.05, 3.63) is 29.6 Å². The van der Waals surface area contributed by atoms with Gasteiger partial charge in [0, 0.05) is 12.8 Å². The molecule has 1 rings (SSSR count). The number of carbonyl (C=O) groups excluding carboxylic acids is 2. The van der Waals surface area contributed by atoms with Gasteiger partial charge in [0.05, 0.1) is 13.5 Å². The SMILES string of the molecule is COc1ccc(CC(=O)CCC(=O)OC(C)(C)C)cc1F. The zero-order valence-corrected chi connectivity index (χ0v) is 12.9. The van der Waals surface area contributed by atoms with Gasteiger partial charge in [-0.1, -0.05) is 6.07 Å². The number of carbonyl (C=O) groups is 2. The second-order valence-electron chi connectivity index (χ2n) is 5.77. The molecule has 0 fully saturated rings. The van der Waals surface area contributed by atoms with Crippen LogP contribution in [0.15, 0.2) is 18.2 Å². The Kier molecular flexibility index (Phi) is 5.88. The highest BCUT2D eigenvalue weighted by Crippen LogP contribution is 2.18. The largest absolute Gasteiger partial charge is 0.494 e. The van der Waals surface area contributed by atoms with E-state index < -0.39 is 17.4 Å². The van der Waals surface area contributed by atoms with Crippen molar-refractivity contribution in [2.75, 3.05) is 7.11 Å². The van der Waals surface area contributed by atoms with Crippen LogP contribution in [0.4, 0.5) is 4.39 Å². The lowest BCUT2D eigenvalue weighted by Crippen LogP contribution is -2.24. The lowest BCUT2D eigenvalue weighted by atomic mass is 10.1. The first-order valence-electron chi connectivity index (χ1n) is 6.77. The first kappa shape index (κ1) is 17.1. The highest BCUT2D eigenvalue weighted by molar-refractivity contribution is 5.84. The standard InChI is InChI=1S/C16H21FO4/c1-16(2,3)21-15(19)8-6-12(18)9-11-5-7-14(20-4)13(17)10-11/h5,7,10H,6,8-9H2,1-4H3. The molecule has 0 bridgehead atoms. The normalized spacial score (nSPS) is 11.1. The molecule has 0 unspecified atom stereocenters. The number of Topliss-reactive ketones (excluding diaryl/α,β-unsaturated/α-hetero) is 1. The van der Waals surface area contributed by atoms with Crippen molar-refractivity contribution in [1.29, 1.82) is 0 Å². The lowest BCUT2D eigenvalue weighted by Gasteiger charge is -2.19. The molecular formula is C16H21FO4. The predicted octanol–water partition coefficient (Wildman–Crippen LogP) is 3.07. The van der Waals surface area contributed by atoms with Gasteiger partial charge in [-0.15, -0.1) is 0 Å². The van der Waals surface area contributed by atoms with Gasteiger partial charge in [-0.25, -0.2) is 4.39 Å². The molecule has 0 saturated heterocycles. The Morgan fingerprint density at radius 2 is 1.86 bits per heavy atom. The summed E-state index contributed by atoms with van der Waals surface area (Å²) in [7, 11) is 1.38. The number of rotatable bonds is 6. The van der Waals surface area contributed by atoms with Crippen LogP contribution in [0.2, 0.25) is 0 Å². The van der Waals surface area contributed by atoms with Crippen LogP contribution in [0.3, 0.4) is 0 Å². The van der Waals surface area contributed by atoms with E-state index in [1.807, 2.05) is 0 Å². The fourth-order valence-electron chi connectivity index (χ4n) is 1.77. The van der Waals surface area contributed by atoms with Gasteiger partial charge in [0.2, 0.25) is 0 Å². The van der Waals surface area contributed by atoms with E-state index in [9.17, 15) is 14.0 Å². The fraction of sp³-hybridized carbons (Fsp3) is 0.500. The minimum absolute atomic E-state index is 0.0364. The summed E-state index contributed by atoms with van der Waals surface area (Å²) in [5, 5.41) is 0. The van der Waals surface area contributed by atoms with Gasteiger partial charge in [0.15, 0.2) is 11.6 Å². The molecule has 1 aromatic rings. The van der Waals surface area contributed by atoms with E-state index in [4.69, 9.17) is 9.47 Å². The number of esters is 1. The molecule has 5 heteroatoms. The van der Waals surface area contributed by atoms with Crippen LogP contribution < -0.4 is 4.74 Å². The predicted molar refractivity (Wildman–Crippen MR) is 76.7 cm³/mol. The Balaban J connectivity index is 2.47. The van der Waals surface area contributed by atoms with Crippen molar-refractivity contribution in [1.82, 2.24) is 0 Å². The van der Waals surface area contributed by atoms with Crippen LogP contribution in [0.25, 0.3) is 0 Å². The van der Waals surface area contributed by atoms with Crippen molar-refractivity contribution in [2.45, 2.75) is 45.6 Å². The lowest BCUT2D eigenvalue weighted by molar-refractivity contribution is -0.155. The van der Waals surface area contributed by atoms with Crippen LogP contribution in [-0.2, 0) is 20.7 Å². The highest BCUT2D eigenvalue weighted by Gasteiger charge is 2.17. The van der Waals surface area contributed by atoms with Gasteiger partial charge < -0.3 is 9.47 Å². The maximum absolute atomic E-state index is 13.5. The van der Waals surface area contributed by atoms with Gasteiger partial charge in [0.25, 0.3) is 0 Å². The Morgan fingerprint density at radius 3 is 2.38 bits per heavy atom. The second-order valence-corrected chi connectivity index (χ2v) is 5.77. The summed E-state index contributed by atoms with van der Waals surface area (Å²) in [4.78, 5) is 23.3. The van der Waals surface area contributed by atoms with Crippen LogP contribution >= 0.6 is 0 Å². The summed E-state index contributed by atoms with van der Waals surface area (Å²) in [6.07, 6.45) is 0.209. The molecule has 1 aromatic carbocycles. The first-order chi connectivity index (χ1) is 9.71. The topological polar surface area (TPSA) is 52.6 Å². The number of halogens is 1. The van der Waals surface area contributed by atoms with Crippen LogP contribution in [0, 0.1) is 5.82 Å². The molecule has 0 N–H and O–H groups in total. The quantitative estimate of drug-likeness (QED) is 0.757. The smallest absolute Gasteiger partial charge is 0.306 e. The molecule has 0 saturated carbocycles. The molecule has 0 aliphatic carbocycles. The van der Waals surface area contributed by atoms with Gasteiger partial charge in [0.1, 0.15) is 11.4 Å². The molecule has 0 aliphatic rings. The molecule has 0 amide bonds. The second kappa shape index (κ2) is 7.20. The molecule has 4 nitrogen and oxygen atoms in total. The monoisotopic (exact) mass is 296 g/mol. The number of methoxy groups -OCH3 is 1. The van der Waals surface area contributed by atoms with Crippen molar-refractivity contribution in [2.24, 2.45) is 0 Å². The third kappa shape index (κ3) is 6.38. The van der Waals surface area contributed by atoms with E-state index in [-0.39, 0.29) is 30.8 Å². The zero-order valence-electron chi connectivity index (χ0n) is 12.9. The molecule has 116 valence electrons. The Morgan fingerprint density at radius 1 is 1.19 bits per heavy atom. The summed E-state index contributed by atoms with van der Waals surface area (Å²) in [5.41, 5.74) is 0.00155. The Hall–Kier alpha value is -1.91. The van der Waals surface area contributed by atoms with Gasteiger partial charge in [-0.2, -0.15) is 0 Å². The summed E-state index contributed by atoms with van der Waals surface area (Å²) in [6, 6.07) is 4.38. The van der Waals surface area contributed by atoms with Crippen LogP contribution in [0.5, 0.6) is 5.75 Å². The molecule has 21 heavy (non-hydrogen) atoms. The Bertz CT molecular complexity index is 517. The highest BCUT2D eigenvalue weighted by atomic mass is 19.1. The summed E-state index contributed by atoms with van der Waals surface area (Å²) < 4.78 is 23.4. The van der Waals surface area contributed by atoms with Crippen molar-refractivity contribution >= 4 is 11.8 Å². The van der Waals surface area contributed by atoms with Crippen molar-refractivity contribution in [3.8, 4) is 5.75 Å². The van der Waals surface area contributed by atoms with Gasteiger partial charge in [-0.05, 0) is 38.5 Å². The third-order valence-electron chi connectivity index (χ3n) is 2.65. The van der Waals surface area contributed by atoms with E-state index in [2.05, 4.69) is 0 Å². The third-order valence-corrected chi connectivity index (χ3v) is 2.65. The van der Waals surface area contributed by atoms with Gasteiger partial charge >= 0.3 is 5.97 Å². The summed E-state index contributed by atoms with van der Waals surface area (Å²) in [5.74, 6) is -0.905. The maximum atomic E-state index is 13.5. The average molecular weight is 296 g/mol. The minimum Gasteiger partial charge on any atom is -0.494 e. The van der Waals surface area contributed by atoms with Crippen molar-refractivity contribution in [3.63, 3.8) is 0 Å². The van der Waals surface area contributed by atoms with Gasteiger partial charge in [-0.3, -0.25) is 9.59 Å². The number of hydrogen-bond acceptors (Lipinski definition) is 4. The molecule has 0 radical (unpaired) electrons. The molecular weight excluding hydrogens is 275 g/mol. The minimum atomic E-state index is -0.556. The number of hydrogen-bond donors (Lipinski definition) is 0. The van der Waals surface area contributed by atoms with E-state index in [1.165, 1.54) is 19.2 Å². The van der Waals surface area contributed by atoms with E-state index in [0.29, 0.717) is 5.56 Å². The zero-order chi connectivity index (χ0) is 16.0. The Labute approximate surface area is 124 Å². The molecule has 0 heterocycles. The molecule has 0 aliphatic heterocycles. The number of ketones is 1. The van der Waals surface area contributed by atoms with Crippen LogP contribution in [0.1, 0.15) is 39.2 Å². The van der Waals surface area contributed by atoms with E-state index in [0.717, 1.165) is 0 Å². The van der Waals surface area contributed by atoms with E-state index in [1.54, 1.807) is 26.8 Å². The van der Waals surface area contributed by atoms with Crippen molar-refractivity contribution < 1.29 is 23.5 Å². The maximum Gasteiger partial charge on any atom is 0.306 e. The summed E-state index contributed by atoms with van der Waals surface area (Å²) >= 11 is 0. The molecule has 0 aromatic heterocycles. The molecule has 0 atom stereocenters.